The fourth-order valence-electron chi connectivity index (χ4n) is 2.08. The predicted molar refractivity (Wildman–Crippen MR) is 68.4 cm³/mol. The first-order valence-electron chi connectivity index (χ1n) is 6.15. The molecule has 6 nitrogen and oxygen atoms in total. The topological polar surface area (TPSA) is 71.5 Å². The van der Waals surface area contributed by atoms with E-state index < -0.39 is 0 Å². The number of carbonyl (C=O) groups is 2. The summed E-state index contributed by atoms with van der Waals surface area (Å²) in [5.41, 5.74) is 0.722. The molecular formula is C13H17N3O3. The third-order valence-corrected chi connectivity index (χ3v) is 3.23. The van der Waals surface area contributed by atoms with Gasteiger partial charge in [0, 0.05) is 19.5 Å². The van der Waals surface area contributed by atoms with Crippen LogP contribution in [0.5, 0.6) is 5.88 Å². The fraction of sp³-hybridized carbons (Fsp3) is 0.462. The number of rotatable bonds is 4. The maximum Gasteiger partial charge on any atom is 0.243 e. The molecule has 2 amide bonds. The molecule has 0 radical (unpaired) electrons. The van der Waals surface area contributed by atoms with Gasteiger partial charge in [0.2, 0.25) is 17.7 Å². The third-order valence-electron chi connectivity index (χ3n) is 3.23. The van der Waals surface area contributed by atoms with Crippen LogP contribution in [-0.4, -0.2) is 41.9 Å². The van der Waals surface area contributed by atoms with E-state index >= 15 is 0 Å². The zero-order chi connectivity index (χ0) is 13.8. The second-order valence-corrected chi connectivity index (χ2v) is 4.45. The van der Waals surface area contributed by atoms with Crippen LogP contribution in [-0.2, 0) is 16.1 Å². The molecule has 102 valence electrons. The van der Waals surface area contributed by atoms with E-state index in [0.717, 1.165) is 5.69 Å². The highest BCUT2D eigenvalue weighted by Crippen LogP contribution is 2.16. The number of likely N-dealkylation sites (N-methyl/N-ethyl adjacent to an activating group) is 1. The summed E-state index contributed by atoms with van der Waals surface area (Å²) in [6, 6.07) is 5.01. The highest BCUT2D eigenvalue weighted by atomic mass is 16.5. The number of pyridine rings is 1. The molecule has 0 unspecified atom stereocenters. The van der Waals surface area contributed by atoms with Crippen LogP contribution in [0.3, 0.4) is 0 Å². The molecule has 1 atom stereocenters. The third kappa shape index (κ3) is 3.01. The molecule has 1 aromatic rings. The quantitative estimate of drug-likeness (QED) is 0.849. The summed E-state index contributed by atoms with van der Waals surface area (Å²) >= 11 is 0. The van der Waals surface area contributed by atoms with Gasteiger partial charge in [-0.2, -0.15) is 0 Å². The standard InChI is InChI=1S/C13H17N3O3/c1-16-10(6-7-12(16)17)13(18)14-8-9-4-3-5-11(15-9)19-2/h3-5,10H,6-8H2,1-2H3,(H,14,18)/t10-/m1/s1. The average Bonchev–Trinajstić information content (AvgIpc) is 2.77. The molecule has 2 rings (SSSR count). The van der Waals surface area contributed by atoms with Gasteiger partial charge in [-0.15, -0.1) is 0 Å². The Morgan fingerprint density at radius 1 is 1.58 bits per heavy atom. The lowest BCUT2D eigenvalue weighted by atomic mass is 10.2. The van der Waals surface area contributed by atoms with Gasteiger partial charge in [-0.05, 0) is 12.5 Å². The van der Waals surface area contributed by atoms with E-state index in [-0.39, 0.29) is 17.9 Å². The molecule has 0 bridgehead atoms. The number of nitrogens with zero attached hydrogens (tertiary/aromatic N) is 2. The average molecular weight is 263 g/mol. The van der Waals surface area contributed by atoms with Crippen LogP contribution in [0.1, 0.15) is 18.5 Å². The van der Waals surface area contributed by atoms with Crippen LogP contribution < -0.4 is 10.1 Å². The zero-order valence-electron chi connectivity index (χ0n) is 11.0. The summed E-state index contributed by atoms with van der Waals surface area (Å²) < 4.78 is 5.02. The predicted octanol–water partition coefficient (Wildman–Crippen LogP) is 0.327. The van der Waals surface area contributed by atoms with E-state index in [2.05, 4.69) is 10.3 Å². The van der Waals surface area contributed by atoms with Crippen molar-refractivity contribution in [2.75, 3.05) is 14.2 Å². The van der Waals surface area contributed by atoms with E-state index in [4.69, 9.17) is 4.74 Å². The molecule has 0 spiro atoms. The lowest BCUT2D eigenvalue weighted by molar-refractivity contribution is -0.133. The van der Waals surface area contributed by atoms with Gasteiger partial charge in [0.25, 0.3) is 0 Å². The molecule has 0 aromatic carbocycles. The normalized spacial score (nSPS) is 18.5. The molecule has 1 aromatic heterocycles. The molecule has 1 aliphatic rings. The summed E-state index contributed by atoms with van der Waals surface area (Å²) in [7, 11) is 3.20. The lowest BCUT2D eigenvalue weighted by Crippen LogP contribution is -2.42. The van der Waals surface area contributed by atoms with Gasteiger partial charge in [0.15, 0.2) is 0 Å². The number of aromatic nitrogens is 1. The second-order valence-electron chi connectivity index (χ2n) is 4.45. The van der Waals surface area contributed by atoms with Crippen molar-refractivity contribution in [3.63, 3.8) is 0 Å². The molecule has 6 heteroatoms. The SMILES string of the molecule is COc1cccc(CNC(=O)[C@H]2CCC(=O)N2C)n1. The Balaban J connectivity index is 1.91. The number of methoxy groups -OCH3 is 1. The number of nitrogens with one attached hydrogen (secondary N) is 1. The van der Waals surface area contributed by atoms with Crippen LogP contribution in [0, 0.1) is 0 Å². The van der Waals surface area contributed by atoms with E-state index in [1.54, 1.807) is 20.2 Å². The van der Waals surface area contributed by atoms with E-state index in [1.165, 1.54) is 4.90 Å². The minimum absolute atomic E-state index is 0.0136. The summed E-state index contributed by atoms with van der Waals surface area (Å²) in [5, 5.41) is 2.79. The highest BCUT2D eigenvalue weighted by Gasteiger charge is 2.32. The van der Waals surface area contributed by atoms with Crippen LogP contribution in [0.2, 0.25) is 0 Å². The number of hydrogen-bond acceptors (Lipinski definition) is 4. The monoisotopic (exact) mass is 263 g/mol. The van der Waals surface area contributed by atoms with Crippen molar-refractivity contribution in [3.05, 3.63) is 23.9 Å². The molecule has 1 saturated heterocycles. The van der Waals surface area contributed by atoms with Gasteiger partial charge >= 0.3 is 0 Å². The first kappa shape index (κ1) is 13.3. The number of hydrogen-bond donors (Lipinski definition) is 1. The molecule has 1 fully saturated rings. The Bertz CT molecular complexity index is 490. The van der Waals surface area contributed by atoms with Crippen molar-refractivity contribution in [1.29, 1.82) is 0 Å². The maximum absolute atomic E-state index is 12.0. The summed E-state index contributed by atoms with van der Waals surface area (Å²) in [5.74, 6) is 0.387. The van der Waals surface area contributed by atoms with Crippen molar-refractivity contribution < 1.29 is 14.3 Å². The Hall–Kier alpha value is -2.11. The number of carbonyl (C=O) groups excluding carboxylic acids is 2. The van der Waals surface area contributed by atoms with Crippen molar-refractivity contribution in [3.8, 4) is 5.88 Å². The lowest BCUT2D eigenvalue weighted by Gasteiger charge is -2.18. The van der Waals surface area contributed by atoms with Gasteiger partial charge in [0.1, 0.15) is 6.04 Å². The van der Waals surface area contributed by atoms with E-state index in [1.807, 2.05) is 12.1 Å². The Kier molecular flexibility index (Phi) is 3.99. The van der Waals surface area contributed by atoms with Crippen molar-refractivity contribution >= 4 is 11.8 Å². The molecule has 0 saturated carbocycles. The summed E-state index contributed by atoms with van der Waals surface area (Å²) in [4.78, 5) is 29.0. The fourth-order valence-corrected chi connectivity index (χ4v) is 2.08. The number of amides is 2. The smallest absolute Gasteiger partial charge is 0.243 e. The first-order chi connectivity index (χ1) is 9.11. The van der Waals surface area contributed by atoms with Crippen molar-refractivity contribution in [2.45, 2.75) is 25.4 Å². The summed E-state index contributed by atoms with van der Waals surface area (Å²) in [6.45, 7) is 0.328. The van der Waals surface area contributed by atoms with Crippen molar-refractivity contribution in [1.82, 2.24) is 15.2 Å². The molecule has 1 N–H and O–H groups in total. The minimum Gasteiger partial charge on any atom is -0.481 e. The molecular weight excluding hydrogens is 246 g/mol. The maximum atomic E-state index is 12.0. The van der Waals surface area contributed by atoms with Crippen LogP contribution in [0.25, 0.3) is 0 Å². The molecule has 1 aliphatic heterocycles. The van der Waals surface area contributed by atoms with Gasteiger partial charge in [-0.25, -0.2) is 4.98 Å². The summed E-state index contributed by atoms with van der Waals surface area (Å²) in [6.07, 6.45) is 1.01. The second kappa shape index (κ2) is 5.69. The Morgan fingerprint density at radius 2 is 2.37 bits per heavy atom. The first-order valence-corrected chi connectivity index (χ1v) is 6.15. The van der Waals surface area contributed by atoms with Crippen LogP contribution >= 0.6 is 0 Å². The van der Waals surface area contributed by atoms with Crippen LogP contribution in [0.4, 0.5) is 0 Å². The Labute approximate surface area is 111 Å². The zero-order valence-corrected chi connectivity index (χ0v) is 11.0. The van der Waals surface area contributed by atoms with Gasteiger partial charge in [-0.1, -0.05) is 6.07 Å². The number of ether oxygens (including phenoxy) is 1. The molecule has 2 heterocycles. The van der Waals surface area contributed by atoms with Crippen LogP contribution in [0.15, 0.2) is 18.2 Å². The van der Waals surface area contributed by atoms with E-state index in [9.17, 15) is 9.59 Å². The van der Waals surface area contributed by atoms with Gasteiger partial charge < -0.3 is 15.0 Å². The Morgan fingerprint density at radius 3 is 3.00 bits per heavy atom. The number of likely N-dealkylation sites (tertiary alicyclic amines) is 1. The largest absolute Gasteiger partial charge is 0.481 e. The van der Waals surface area contributed by atoms with E-state index in [0.29, 0.717) is 25.3 Å². The molecule has 19 heavy (non-hydrogen) atoms. The molecule has 0 aliphatic carbocycles. The van der Waals surface area contributed by atoms with Crippen molar-refractivity contribution in [2.24, 2.45) is 0 Å². The van der Waals surface area contributed by atoms with Gasteiger partial charge in [-0.3, -0.25) is 9.59 Å². The minimum atomic E-state index is -0.363. The van der Waals surface area contributed by atoms with Gasteiger partial charge in [0.05, 0.1) is 19.3 Å². The highest BCUT2D eigenvalue weighted by molar-refractivity contribution is 5.90.